The number of fused-ring (bicyclic) bond motifs is 1. The van der Waals surface area contributed by atoms with Gasteiger partial charge in [0.2, 0.25) is 12.7 Å². The highest BCUT2D eigenvalue weighted by atomic mass is 35.5. The first-order chi connectivity index (χ1) is 19.9. The van der Waals surface area contributed by atoms with Gasteiger partial charge in [0.05, 0.1) is 11.3 Å². The SMILES string of the molecule is CC(=O)Oc1c(-c2ccc(NC(=O)c3cccc(Cl)c3)cc2)c(-c2ccc3c(c2)OCO3)nn1-c1ccc(C)cc1. The number of aromatic nitrogens is 2. The van der Waals surface area contributed by atoms with Crippen molar-refractivity contribution in [3.63, 3.8) is 0 Å². The van der Waals surface area contributed by atoms with Crippen LogP contribution in [0.1, 0.15) is 22.8 Å². The van der Waals surface area contributed by atoms with Crippen molar-refractivity contribution in [2.45, 2.75) is 13.8 Å². The maximum absolute atomic E-state index is 12.8. The van der Waals surface area contributed by atoms with Gasteiger partial charge >= 0.3 is 5.97 Å². The van der Waals surface area contributed by atoms with E-state index in [1.807, 2.05) is 61.5 Å². The average molecular weight is 566 g/mol. The van der Waals surface area contributed by atoms with Crippen LogP contribution in [-0.2, 0) is 4.79 Å². The van der Waals surface area contributed by atoms with Crippen LogP contribution in [-0.4, -0.2) is 28.4 Å². The summed E-state index contributed by atoms with van der Waals surface area (Å²) in [6.45, 7) is 3.49. The molecule has 1 aliphatic rings. The van der Waals surface area contributed by atoms with Crippen molar-refractivity contribution in [1.29, 1.82) is 0 Å². The number of amides is 1. The van der Waals surface area contributed by atoms with Crippen molar-refractivity contribution in [2.75, 3.05) is 12.1 Å². The fraction of sp³-hybridized carbons (Fsp3) is 0.0938. The molecule has 0 spiro atoms. The summed E-state index contributed by atoms with van der Waals surface area (Å²) in [5, 5.41) is 8.28. The number of esters is 1. The molecule has 0 unspecified atom stereocenters. The summed E-state index contributed by atoms with van der Waals surface area (Å²) >= 11 is 6.04. The lowest BCUT2D eigenvalue weighted by atomic mass is 10.0. The Balaban J connectivity index is 1.45. The van der Waals surface area contributed by atoms with Gasteiger partial charge in [-0.1, -0.05) is 47.5 Å². The lowest BCUT2D eigenvalue weighted by molar-refractivity contribution is -0.132. The number of halogens is 1. The number of benzene rings is 4. The summed E-state index contributed by atoms with van der Waals surface area (Å²) in [6.07, 6.45) is 0. The molecule has 8 nitrogen and oxygen atoms in total. The summed E-state index contributed by atoms with van der Waals surface area (Å²) in [4.78, 5) is 25.1. The van der Waals surface area contributed by atoms with Gasteiger partial charge in [-0.2, -0.15) is 9.78 Å². The molecule has 5 aromatic rings. The molecule has 1 aromatic heterocycles. The first kappa shape index (κ1) is 26.2. The predicted octanol–water partition coefficient (Wildman–Crippen LogP) is 7.07. The van der Waals surface area contributed by atoms with E-state index >= 15 is 0 Å². The molecule has 0 fully saturated rings. The zero-order chi connectivity index (χ0) is 28.5. The lowest BCUT2D eigenvalue weighted by Crippen LogP contribution is -2.11. The normalized spacial score (nSPS) is 11.8. The van der Waals surface area contributed by atoms with E-state index in [0.29, 0.717) is 39.0 Å². The minimum absolute atomic E-state index is 0.143. The number of hydrogen-bond donors (Lipinski definition) is 1. The van der Waals surface area contributed by atoms with Crippen LogP contribution in [0.3, 0.4) is 0 Å². The molecule has 2 heterocycles. The topological polar surface area (TPSA) is 91.7 Å². The smallest absolute Gasteiger partial charge is 0.309 e. The highest BCUT2D eigenvalue weighted by Gasteiger charge is 2.26. The molecule has 1 amide bonds. The van der Waals surface area contributed by atoms with Gasteiger partial charge in [-0.05, 0) is 73.2 Å². The first-order valence-electron chi connectivity index (χ1n) is 12.8. The summed E-state index contributed by atoms with van der Waals surface area (Å²) < 4.78 is 18.5. The molecule has 0 bridgehead atoms. The minimum atomic E-state index is -0.484. The lowest BCUT2D eigenvalue weighted by Gasteiger charge is -2.11. The van der Waals surface area contributed by atoms with Crippen LogP contribution in [0, 0.1) is 6.92 Å². The molecule has 41 heavy (non-hydrogen) atoms. The van der Waals surface area contributed by atoms with Gasteiger partial charge in [-0.3, -0.25) is 9.59 Å². The quantitative estimate of drug-likeness (QED) is 0.221. The van der Waals surface area contributed by atoms with E-state index in [1.165, 1.54) is 6.92 Å². The Bertz CT molecular complexity index is 1780. The third-order valence-electron chi connectivity index (χ3n) is 6.53. The van der Waals surface area contributed by atoms with Gasteiger partial charge in [0, 0.05) is 28.8 Å². The predicted molar refractivity (Wildman–Crippen MR) is 156 cm³/mol. The van der Waals surface area contributed by atoms with Crippen LogP contribution in [0.5, 0.6) is 17.4 Å². The van der Waals surface area contributed by atoms with Gasteiger partial charge in [0.15, 0.2) is 11.5 Å². The third kappa shape index (κ3) is 5.37. The fourth-order valence-corrected chi connectivity index (χ4v) is 4.74. The molecule has 6 rings (SSSR count). The number of carbonyl (C=O) groups excluding carboxylic acids is 2. The second kappa shape index (κ2) is 10.8. The number of hydrogen-bond acceptors (Lipinski definition) is 6. The van der Waals surface area contributed by atoms with Crippen molar-refractivity contribution in [2.24, 2.45) is 0 Å². The molecule has 0 radical (unpaired) electrons. The van der Waals surface area contributed by atoms with Crippen LogP contribution in [0.15, 0.2) is 91.0 Å². The number of aryl methyl sites for hydroxylation is 1. The molecule has 0 aliphatic carbocycles. The van der Waals surface area contributed by atoms with Crippen molar-refractivity contribution in [3.8, 4) is 45.5 Å². The molecule has 1 N–H and O–H groups in total. The van der Waals surface area contributed by atoms with Crippen molar-refractivity contribution in [1.82, 2.24) is 9.78 Å². The van der Waals surface area contributed by atoms with E-state index in [0.717, 1.165) is 22.4 Å². The molecule has 9 heteroatoms. The highest BCUT2D eigenvalue weighted by molar-refractivity contribution is 6.31. The Labute approximate surface area is 241 Å². The van der Waals surface area contributed by atoms with Crippen LogP contribution < -0.4 is 19.5 Å². The Morgan fingerprint density at radius 1 is 0.902 bits per heavy atom. The number of ether oxygens (including phenoxy) is 3. The molecule has 4 aromatic carbocycles. The third-order valence-corrected chi connectivity index (χ3v) is 6.76. The van der Waals surface area contributed by atoms with Crippen LogP contribution >= 0.6 is 11.6 Å². The van der Waals surface area contributed by atoms with Gasteiger partial charge in [-0.25, -0.2) is 0 Å². The zero-order valence-electron chi connectivity index (χ0n) is 22.2. The maximum Gasteiger partial charge on any atom is 0.309 e. The minimum Gasteiger partial charge on any atom is -0.454 e. The van der Waals surface area contributed by atoms with E-state index < -0.39 is 5.97 Å². The number of carbonyl (C=O) groups is 2. The second-order valence-electron chi connectivity index (χ2n) is 9.48. The average Bonchev–Trinajstić information content (AvgIpc) is 3.58. The van der Waals surface area contributed by atoms with Crippen molar-refractivity contribution < 1.29 is 23.8 Å². The van der Waals surface area contributed by atoms with Gasteiger partial charge < -0.3 is 19.5 Å². The van der Waals surface area contributed by atoms with Crippen molar-refractivity contribution in [3.05, 3.63) is 107 Å². The zero-order valence-corrected chi connectivity index (χ0v) is 22.9. The Kier molecular flexibility index (Phi) is 6.91. The maximum atomic E-state index is 12.8. The van der Waals surface area contributed by atoms with E-state index in [2.05, 4.69) is 5.32 Å². The van der Waals surface area contributed by atoms with E-state index in [1.54, 1.807) is 41.1 Å². The van der Waals surface area contributed by atoms with Gasteiger partial charge in [0.25, 0.3) is 5.91 Å². The van der Waals surface area contributed by atoms with Gasteiger partial charge in [0.1, 0.15) is 5.69 Å². The summed E-state index contributed by atoms with van der Waals surface area (Å²) in [5.74, 6) is 0.751. The molecule has 0 saturated carbocycles. The molecular formula is C32H24ClN3O5. The molecular weight excluding hydrogens is 542 g/mol. The Morgan fingerprint density at radius 3 is 2.37 bits per heavy atom. The molecule has 0 atom stereocenters. The van der Waals surface area contributed by atoms with E-state index in [9.17, 15) is 9.59 Å². The summed E-state index contributed by atoms with van der Waals surface area (Å²) in [7, 11) is 0. The second-order valence-corrected chi connectivity index (χ2v) is 9.92. The largest absolute Gasteiger partial charge is 0.454 e. The van der Waals surface area contributed by atoms with E-state index in [4.69, 9.17) is 30.9 Å². The monoisotopic (exact) mass is 565 g/mol. The summed E-state index contributed by atoms with van der Waals surface area (Å²) in [6, 6.07) is 27.3. The molecule has 204 valence electrons. The number of nitrogens with zero attached hydrogens (tertiary/aromatic N) is 2. The highest BCUT2D eigenvalue weighted by Crippen LogP contribution is 2.44. The van der Waals surface area contributed by atoms with Crippen LogP contribution in [0.4, 0.5) is 5.69 Å². The Morgan fingerprint density at radius 2 is 1.63 bits per heavy atom. The van der Waals surface area contributed by atoms with Crippen LogP contribution in [0.25, 0.3) is 28.1 Å². The number of anilines is 1. The standard InChI is InChI=1S/C32H24ClN3O5/c1-19-6-13-26(14-7-19)36-32(41-20(2)37)29(30(35-36)22-10-15-27-28(17-22)40-18-39-27)21-8-11-25(12-9-21)34-31(38)23-4-3-5-24(33)16-23/h3-17H,18H2,1-2H3,(H,34,38). The van der Waals surface area contributed by atoms with E-state index in [-0.39, 0.29) is 18.6 Å². The molecule has 1 aliphatic heterocycles. The fourth-order valence-electron chi connectivity index (χ4n) is 4.55. The Hall–Kier alpha value is -5.08. The van der Waals surface area contributed by atoms with Crippen molar-refractivity contribution >= 4 is 29.2 Å². The summed E-state index contributed by atoms with van der Waals surface area (Å²) in [5.41, 5.74) is 5.51. The molecule has 0 saturated heterocycles. The first-order valence-corrected chi connectivity index (χ1v) is 13.2. The number of nitrogens with one attached hydrogen (secondary N) is 1. The van der Waals surface area contributed by atoms with Crippen LogP contribution in [0.2, 0.25) is 5.02 Å². The number of rotatable bonds is 6. The van der Waals surface area contributed by atoms with Gasteiger partial charge in [-0.15, -0.1) is 0 Å².